The smallest absolute Gasteiger partial charge is 0.272 e. The highest BCUT2D eigenvalue weighted by Gasteiger charge is 2.31. The summed E-state index contributed by atoms with van der Waals surface area (Å²) in [6.07, 6.45) is 5.37. The number of benzene rings is 1. The third kappa shape index (κ3) is 5.50. The number of ether oxygens (including phenoxy) is 2. The molecule has 2 saturated heterocycles. The van der Waals surface area contributed by atoms with Crippen LogP contribution in [0.1, 0.15) is 39.4 Å². The molecule has 0 unspecified atom stereocenters. The van der Waals surface area contributed by atoms with Crippen molar-refractivity contribution in [2.24, 2.45) is 0 Å². The number of aromatic nitrogens is 3. The Morgan fingerprint density at radius 1 is 0.973 bits per heavy atom. The minimum Gasteiger partial charge on any atom is -0.480 e. The Bertz CT molecular complexity index is 1320. The molecule has 0 radical (unpaired) electrons. The standard InChI is InChI=1S/C26H26N6O5/c1-16-13-29-23(15-27-16)30-24(33)17-10-19(12-20(11-17)37-22-6-9-31(2)26(22)35)36-18-4-5-21(28-14-18)25(34)32-7-3-8-32/h4-5,10-15,22H,3,6-9H2,1-2H3,(H,29,30,33)/t22-/m0/s1. The fraction of sp³-hybridized carbons (Fsp3) is 0.308. The third-order valence-corrected chi connectivity index (χ3v) is 6.16. The van der Waals surface area contributed by atoms with Crippen LogP contribution in [0.4, 0.5) is 5.82 Å². The van der Waals surface area contributed by atoms with Crippen LogP contribution in [0.5, 0.6) is 17.2 Å². The van der Waals surface area contributed by atoms with Gasteiger partial charge in [0.15, 0.2) is 11.9 Å². The van der Waals surface area contributed by atoms with E-state index in [9.17, 15) is 14.4 Å². The molecule has 0 spiro atoms. The van der Waals surface area contributed by atoms with Crippen molar-refractivity contribution in [2.75, 3.05) is 32.0 Å². The zero-order chi connectivity index (χ0) is 25.9. The summed E-state index contributed by atoms with van der Waals surface area (Å²) in [4.78, 5) is 53.6. The summed E-state index contributed by atoms with van der Waals surface area (Å²) in [6, 6.07) is 7.94. The monoisotopic (exact) mass is 502 g/mol. The fourth-order valence-electron chi connectivity index (χ4n) is 3.92. The van der Waals surface area contributed by atoms with E-state index in [1.807, 2.05) is 0 Å². The summed E-state index contributed by atoms with van der Waals surface area (Å²) >= 11 is 0. The molecule has 1 N–H and O–H groups in total. The molecule has 11 heteroatoms. The number of hydrogen-bond acceptors (Lipinski definition) is 8. The molecule has 2 aliphatic heterocycles. The largest absolute Gasteiger partial charge is 0.480 e. The fourth-order valence-corrected chi connectivity index (χ4v) is 3.92. The van der Waals surface area contributed by atoms with Crippen LogP contribution in [-0.2, 0) is 4.79 Å². The van der Waals surface area contributed by atoms with Crippen molar-refractivity contribution in [3.63, 3.8) is 0 Å². The Kier molecular flexibility index (Phi) is 6.67. The van der Waals surface area contributed by atoms with Gasteiger partial charge in [-0.15, -0.1) is 0 Å². The molecule has 0 aliphatic carbocycles. The molecule has 190 valence electrons. The van der Waals surface area contributed by atoms with Crippen LogP contribution in [0, 0.1) is 6.92 Å². The molecular weight excluding hydrogens is 476 g/mol. The van der Waals surface area contributed by atoms with Gasteiger partial charge >= 0.3 is 0 Å². The number of aryl methyl sites for hydroxylation is 1. The molecule has 3 aromatic rings. The molecular formula is C26H26N6O5. The number of pyridine rings is 1. The van der Waals surface area contributed by atoms with Crippen LogP contribution < -0.4 is 14.8 Å². The number of anilines is 1. The summed E-state index contributed by atoms with van der Waals surface area (Å²) in [5.74, 6) is 0.602. The van der Waals surface area contributed by atoms with Crippen LogP contribution in [0.3, 0.4) is 0 Å². The van der Waals surface area contributed by atoms with E-state index in [0.717, 1.165) is 25.2 Å². The van der Waals surface area contributed by atoms with E-state index in [1.54, 1.807) is 60.3 Å². The number of rotatable bonds is 7. The highest BCUT2D eigenvalue weighted by Crippen LogP contribution is 2.30. The summed E-state index contributed by atoms with van der Waals surface area (Å²) in [5.41, 5.74) is 1.31. The Labute approximate surface area is 213 Å². The predicted octanol–water partition coefficient (Wildman–Crippen LogP) is 2.68. The Morgan fingerprint density at radius 3 is 2.41 bits per heavy atom. The van der Waals surface area contributed by atoms with Gasteiger partial charge in [-0.25, -0.2) is 9.97 Å². The molecule has 2 fully saturated rings. The molecule has 5 rings (SSSR count). The zero-order valence-electron chi connectivity index (χ0n) is 20.5. The number of carbonyl (C=O) groups is 3. The summed E-state index contributed by atoms with van der Waals surface area (Å²) in [7, 11) is 1.72. The number of carbonyl (C=O) groups excluding carboxylic acids is 3. The zero-order valence-corrected chi connectivity index (χ0v) is 20.5. The summed E-state index contributed by atoms with van der Waals surface area (Å²) < 4.78 is 11.9. The maximum atomic E-state index is 13.0. The third-order valence-electron chi connectivity index (χ3n) is 6.16. The van der Waals surface area contributed by atoms with E-state index >= 15 is 0 Å². The molecule has 37 heavy (non-hydrogen) atoms. The van der Waals surface area contributed by atoms with Crippen LogP contribution in [0.2, 0.25) is 0 Å². The van der Waals surface area contributed by atoms with Gasteiger partial charge < -0.3 is 24.6 Å². The number of nitrogens with one attached hydrogen (secondary N) is 1. The van der Waals surface area contributed by atoms with Crippen molar-refractivity contribution in [2.45, 2.75) is 25.9 Å². The van der Waals surface area contributed by atoms with E-state index in [1.165, 1.54) is 12.4 Å². The number of likely N-dealkylation sites (tertiary alicyclic amines) is 2. The van der Waals surface area contributed by atoms with E-state index < -0.39 is 12.0 Å². The van der Waals surface area contributed by atoms with Crippen molar-refractivity contribution in [1.29, 1.82) is 0 Å². The van der Waals surface area contributed by atoms with Gasteiger partial charge in [-0.05, 0) is 37.6 Å². The lowest BCUT2D eigenvalue weighted by Gasteiger charge is -2.30. The SMILES string of the molecule is Cc1cnc(NC(=O)c2cc(Oc3ccc(C(=O)N4CCC4)nc3)cc(O[C@H]3CCN(C)C3=O)c2)cn1. The number of nitrogens with zero attached hydrogens (tertiary/aromatic N) is 5. The lowest BCUT2D eigenvalue weighted by molar-refractivity contribution is -0.132. The topological polar surface area (TPSA) is 127 Å². The van der Waals surface area contributed by atoms with Crippen molar-refractivity contribution < 1.29 is 23.9 Å². The van der Waals surface area contributed by atoms with E-state index in [2.05, 4.69) is 20.3 Å². The Balaban J connectivity index is 1.37. The van der Waals surface area contributed by atoms with Crippen LogP contribution in [0.25, 0.3) is 0 Å². The van der Waals surface area contributed by atoms with E-state index in [4.69, 9.17) is 9.47 Å². The minimum absolute atomic E-state index is 0.113. The Morgan fingerprint density at radius 2 is 1.78 bits per heavy atom. The average Bonchev–Trinajstić information content (AvgIpc) is 3.17. The summed E-state index contributed by atoms with van der Waals surface area (Å²) in [5, 5.41) is 2.70. The molecule has 0 bridgehead atoms. The minimum atomic E-state index is -0.646. The first-order chi connectivity index (χ1) is 17.9. The van der Waals surface area contributed by atoms with E-state index in [0.29, 0.717) is 41.7 Å². The molecule has 1 aromatic carbocycles. The second kappa shape index (κ2) is 10.2. The first-order valence-corrected chi connectivity index (χ1v) is 12.0. The maximum absolute atomic E-state index is 13.0. The molecule has 2 aromatic heterocycles. The van der Waals surface area contributed by atoms with E-state index in [-0.39, 0.29) is 17.4 Å². The van der Waals surface area contributed by atoms with Gasteiger partial charge in [0.05, 0.1) is 24.3 Å². The van der Waals surface area contributed by atoms with Gasteiger partial charge in [0.1, 0.15) is 22.9 Å². The molecule has 3 amide bonds. The first kappa shape index (κ1) is 24.2. The lowest BCUT2D eigenvalue weighted by Crippen LogP contribution is -2.42. The predicted molar refractivity (Wildman–Crippen MR) is 133 cm³/mol. The normalized spacial score (nSPS) is 16.8. The molecule has 1 atom stereocenters. The number of amides is 3. The van der Waals surface area contributed by atoms with Crippen molar-refractivity contribution >= 4 is 23.5 Å². The molecule has 4 heterocycles. The Hall–Kier alpha value is -4.54. The highest BCUT2D eigenvalue weighted by molar-refractivity contribution is 6.04. The second-order valence-electron chi connectivity index (χ2n) is 8.97. The van der Waals surface area contributed by atoms with Gasteiger partial charge in [0.25, 0.3) is 17.7 Å². The van der Waals surface area contributed by atoms with Crippen molar-refractivity contribution in [1.82, 2.24) is 24.8 Å². The van der Waals surface area contributed by atoms with Crippen molar-refractivity contribution in [3.8, 4) is 17.2 Å². The number of hydrogen-bond donors (Lipinski definition) is 1. The quantitative estimate of drug-likeness (QED) is 0.523. The first-order valence-electron chi connectivity index (χ1n) is 12.0. The van der Waals surface area contributed by atoms with Gasteiger partial charge in [-0.1, -0.05) is 0 Å². The highest BCUT2D eigenvalue weighted by atomic mass is 16.5. The van der Waals surface area contributed by atoms with Gasteiger partial charge in [0.2, 0.25) is 0 Å². The molecule has 0 saturated carbocycles. The molecule has 2 aliphatic rings. The summed E-state index contributed by atoms with van der Waals surface area (Å²) in [6.45, 7) is 3.87. The van der Waals surface area contributed by atoms with Crippen LogP contribution in [-0.4, -0.2) is 75.3 Å². The number of likely N-dealkylation sites (N-methyl/N-ethyl adjacent to an activating group) is 1. The lowest BCUT2D eigenvalue weighted by atomic mass is 10.1. The van der Waals surface area contributed by atoms with Crippen LogP contribution >= 0.6 is 0 Å². The van der Waals surface area contributed by atoms with Gasteiger partial charge in [-0.3, -0.25) is 19.4 Å². The van der Waals surface area contributed by atoms with Crippen LogP contribution in [0.15, 0.2) is 48.9 Å². The van der Waals surface area contributed by atoms with Gasteiger partial charge in [0, 0.05) is 44.7 Å². The second-order valence-corrected chi connectivity index (χ2v) is 8.97. The average molecular weight is 503 g/mol. The van der Waals surface area contributed by atoms with Crippen molar-refractivity contribution in [3.05, 3.63) is 65.9 Å². The van der Waals surface area contributed by atoms with Gasteiger partial charge in [-0.2, -0.15) is 0 Å². The maximum Gasteiger partial charge on any atom is 0.272 e. The molecule has 11 nitrogen and oxygen atoms in total.